The van der Waals surface area contributed by atoms with Gasteiger partial charge in [0.15, 0.2) is 0 Å². The van der Waals surface area contributed by atoms with Crippen molar-refractivity contribution >= 4 is 38.9 Å². The first-order chi connectivity index (χ1) is 14.6. The minimum absolute atomic E-state index is 0.0789. The Kier molecular flexibility index (Phi) is 7.26. The molecule has 1 amide bonds. The molecule has 3 rings (SSSR count). The average Bonchev–Trinajstić information content (AvgIpc) is 2.74. The molecule has 1 N–H and O–H groups in total. The molecule has 31 heavy (non-hydrogen) atoms. The highest BCUT2D eigenvalue weighted by atomic mass is 35.5. The topological polar surface area (TPSA) is 73.0 Å². The molecule has 1 aliphatic heterocycles. The molecule has 0 atom stereocenters. The van der Waals surface area contributed by atoms with Crippen LogP contribution in [0.5, 0.6) is 0 Å². The van der Waals surface area contributed by atoms with E-state index in [0.717, 1.165) is 42.7 Å². The number of piperazine rings is 1. The van der Waals surface area contributed by atoms with Crippen LogP contribution in [0, 0.1) is 6.92 Å². The van der Waals surface area contributed by atoms with Gasteiger partial charge < -0.3 is 15.1 Å². The van der Waals surface area contributed by atoms with Crippen molar-refractivity contribution in [3.63, 3.8) is 0 Å². The van der Waals surface area contributed by atoms with Crippen molar-refractivity contribution in [1.29, 1.82) is 0 Å². The smallest absolute Gasteiger partial charge is 0.256 e. The third-order valence-corrected chi connectivity index (χ3v) is 7.65. The number of hydrogen-bond donors (Lipinski definition) is 1. The summed E-state index contributed by atoms with van der Waals surface area (Å²) < 4.78 is 26.1. The summed E-state index contributed by atoms with van der Waals surface area (Å²) in [5, 5.41) is 3.47. The van der Waals surface area contributed by atoms with Gasteiger partial charge in [-0.25, -0.2) is 12.7 Å². The molecule has 1 saturated heterocycles. The summed E-state index contributed by atoms with van der Waals surface area (Å²) in [6, 6.07) is 10.0. The number of hydrogen-bond acceptors (Lipinski definition) is 5. The minimum Gasteiger partial charge on any atom is -0.367 e. The van der Waals surface area contributed by atoms with Crippen LogP contribution in [-0.4, -0.2) is 70.3 Å². The second-order valence-corrected chi connectivity index (χ2v) is 10.4. The van der Waals surface area contributed by atoms with Crippen LogP contribution in [0.15, 0.2) is 41.3 Å². The monoisotopic (exact) mass is 464 g/mol. The van der Waals surface area contributed by atoms with Crippen LogP contribution in [0.2, 0.25) is 5.02 Å². The van der Waals surface area contributed by atoms with Crippen molar-refractivity contribution in [2.24, 2.45) is 0 Å². The maximum Gasteiger partial charge on any atom is 0.256 e. The Bertz CT molecular complexity index is 1060. The summed E-state index contributed by atoms with van der Waals surface area (Å²) in [5.74, 6) is -0.371. The number of anilines is 2. The van der Waals surface area contributed by atoms with Gasteiger partial charge in [0.2, 0.25) is 10.0 Å². The molecule has 0 saturated carbocycles. The Morgan fingerprint density at radius 2 is 1.77 bits per heavy atom. The van der Waals surface area contributed by atoms with Crippen LogP contribution < -0.4 is 10.2 Å². The summed E-state index contributed by atoms with van der Waals surface area (Å²) in [4.78, 5) is 17.8. The Labute approximate surface area is 189 Å². The Balaban J connectivity index is 1.90. The Morgan fingerprint density at radius 1 is 1.10 bits per heavy atom. The van der Waals surface area contributed by atoms with Gasteiger partial charge in [0, 0.05) is 50.9 Å². The van der Waals surface area contributed by atoms with E-state index < -0.39 is 10.0 Å². The van der Waals surface area contributed by atoms with E-state index in [2.05, 4.69) is 22.0 Å². The number of carbonyl (C=O) groups is 1. The van der Waals surface area contributed by atoms with Gasteiger partial charge >= 0.3 is 0 Å². The molecule has 0 radical (unpaired) electrons. The first-order valence-corrected chi connectivity index (χ1v) is 12.1. The van der Waals surface area contributed by atoms with E-state index in [1.54, 1.807) is 19.1 Å². The van der Waals surface area contributed by atoms with Crippen LogP contribution in [0.25, 0.3) is 0 Å². The number of nitrogens with one attached hydrogen (secondary N) is 1. The normalized spacial score (nSPS) is 15.4. The van der Waals surface area contributed by atoms with E-state index in [1.807, 2.05) is 12.1 Å². The lowest BCUT2D eigenvalue weighted by Crippen LogP contribution is -2.46. The molecule has 1 fully saturated rings. The number of halogens is 1. The van der Waals surface area contributed by atoms with Crippen LogP contribution in [-0.2, 0) is 10.0 Å². The van der Waals surface area contributed by atoms with Gasteiger partial charge in [0.1, 0.15) is 0 Å². The molecule has 9 heteroatoms. The number of sulfonamides is 1. The van der Waals surface area contributed by atoms with Gasteiger partial charge in [-0.05, 0) is 49.4 Å². The van der Waals surface area contributed by atoms with Gasteiger partial charge in [0.25, 0.3) is 5.91 Å². The van der Waals surface area contributed by atoms with E-state index in [1.165, 1.54) is 26.2 Å². The number of likely N-dealkylation sites (N-methyl/N-ethyl adjacent to an activating group) is 1. The van der Waals surface area contributed by atoms with Crippen molar-refractivity contribution < 1.29 is 13.2 Å². The molecule has 1 aliphatic rings. The van der Waals surface area contributed by atoms with Gasteiger partial charge in [-0.1, -0.05) is 24.6 Å². The van der Waals surface area contributed by atoms with E-state index in [0.29, 0.717) is 21.8 Å². The fourth-order valence-corrected chi connectivity index (χ4v) is 4.70. The summed E-state index contributed by atoms with van der Waals surface area (Å²) in [5.41, 5.74) is 2.52. The van der Waals surface area contributed by atoms with E-state index in [4.69, 9.17) is 11.6 Å². The minimum atomic E-state index is -3.64. The predicted molar refractivity (Wildman–Crippen MR) is 126 cm³/mol. The highest BCUT2D eigenvalue weighted by molar-refractivity contribution is 7.89. The van der Waals surface area contributed by atoms with Gasteiger partial charge in [-0.15, -0.1) is 0 Å². The van der Waals surface area contributed by atoms with Crippen molar-refractivity contribution in [2.75, 3.05) is 57.0 Å². The summed E-state index contributed by atoms with van der Waals surface area (Å²) in [7, 11) is -0.715. The molecule has 2 aromatic rings. The Hall–Kier alpha value is -2.13. The highest BCUT2D eigenvalue weighted by Gasteiger charge is 2.22. The molecule has 2 aromatic carbocycles. The molecule has 0 bridgehead atoms. The van der Waals surface area contributed by atoms with E-state index >= 15 is 0 Å². The number of amides is 1. The molecule has 168 valence electrons. The second-order valence-electron chi connectivity index (χ2n) is 7.80. The Morgan fingerprint density at radius 3 is 2.39 bits per heavy atom. The van der Waals surface area contributed by atoms with Crippen molar-refractivity contribution in [2.45, 2.75) is 18.7 Å². The zero-order chi connectivity index (χ0) is 22.8. The summed E-state index contributed by atoms with van der Waals surface area (Å²) >= 11 is 6.22. The number of rotatable bonds is 6. The number of benzene rings is 2. The number of aryl methyl sites for hydroxylation is 1. The summed E-state index contributed by atoms with van der Waals surface area (Å²) in [6.07, 6.45) is 0. The van der Waals surface area contributed by atoms with E-state index in [9.17, 15) is 13.2 Å². The quantitative estimate of drug-likeness (QED) is 0.710. The standard InChI is InChI=1S/C22H29ClN4O3S/c1-5-26-10-12-27(13-11-26)21-9-7-17(23)14-20(21)24-22(28)19-15-18(8-6-16(19)2)31(29,30)25(3)4/h6-9,14-15H,5,10-13H2,1-4H3,(H,24,28). The van der Waals surface area contributed by atoms with Crippen LogP contribution in [0.1, 0.15) is 22.8 Å². The molecular weight excluding hydrogens is 436 g/mol. The number of carbonyl (C=O) groups excluding carboxylic acids is 1. The molecular formula is C22H29ClN4O3S. The fourth-order valence-electron chi connectivity index (χ4n) is 3.60. The zero-order valence-electron chi connectivity index (χ0n) is 18.4. The second kappa shape index (κ2) is 9.56. The highest BCUT2D eigenvalue weighted by Crippen LogP contribution is 2.31. The lowest BCUT2D eigenvalue weighted by molar-refractivity contribution is 0.102. The predicted octanol–water partition coefficient (Wildman–Crippen LogP) is 3.29. The largest absolute Gasteiger partial charge is 0.367 e. The first kappa shape index (κ1) is 23.5. The molecule has 0 spiro atoms. The lowest BCUT2D eigenvalue weighted by Gasteiger charge is -2.36. The van der Waals surface area contributed by atoms with Crippen LogP contribution in [0.3, 0.4) is 0 Å². The maximum atomic E-state index is 13.1. The molecule has 1 heterocycles. The fraction of sp³-hybridized carbons (Fsp3) is 0.409. The third kappa shape index (κ3) is 5.20. The summed E-state index contributed by atoms with van der Waals surface area (Å²) in [6.45, 7) is 8.57. The van der Waals surface area contributed by atoms with Gasteiger partial charge in [-0.2, -0.15) is 0 Å². The SMILES string of the molecule is CCN1CCN(c2ccc(Cl)cc2NC(=O)c2cc(S(=O)(=O)N(C)C)ccc2C)CC1. The maximum absolute atomic E-state index is 13.1. The number of nitrogens with zero attached hydrogens (tertiary/aromatic N) is 3. The van der Waals surface area contributed by atoms with Gasteiger partial charge in [-0.3, -0.25) is 4.79 Å². The molecule has 7 nitrogen and oxygen atoms in total. The lowest BCUT2D eigenvalue weighted by atomic mass is 10.1. The molecule has 0 aromatic heterocycles. The average molecular weight is 465 g/mol. The van der Waals surface area contributed by atoms with Gasteiger partial charge in [0.05, 0.1) is 16.3 Å². The van der Waals surface area contributed by atoms with Crippen LogP contribution in [0.4, 0.5) is 11.4 Å². The van der Waals surface area contributed by atoms with E-state index in [-0.39, 0.29) is 10.8 Å². The van der Waals surface area contributed by atoms with Crippen molar-refractivity contribution in [3.05, 3.63) is 52.5 Å². The van der Waals surface area contributed by atoms with Crippen LogP contribution >= 0.6 is 11.6 Å². The van der Waals surface area contributed by atoms with Crippen molar-refractivity contribution in [3.8, 4) is 0 Å². The van der Waals surface area contributed by atoms with Crippen molar-refractivity contribution in [1.82, 2.24) is 9.21 Å². The third-order valence-electron chi connectivity index (χ3n) is 5.60. The molecule has 0 aliphatic carbocycles. The molecule has 0 unspecified atom stereocenters. The zero-order valence-corrected chi connectivity index (χ0v) is 19.9. The first-order valence-electron chi connectivity index (χ1n) is 10.2.